The van der Waals surface area contributed by atoms with E-state index >= 15 is 0 Å². The summed E-state index contributed by atoms with van der Waals surface area (Å²) in [5.74, 6) is 0.523. The zero-order valence-electron chi connectivity index (χ0n) is 16.4. The van der Waals surface area contributed by atoms with Gasteiger partial charge < -0.3 is 10.2 Å². The van der Waals surface area contributed by atoms with Crippen molar-refractivity contribution < 1.29 is 8.78 Å². The molecule has 0 amide bonds. The van der Waals surface area contributed by atoms with Gasteiger partial charge in [0.05, 0.1) is 17.9 Å². The molecule has 1 aliphatic heterocycles. The van der Waals surface area contributed by atoms with Gasteiger partial charge in [0.25, 0.3) is 0 Å². The van der Waals surface area contributed by atoms with E-state index in [1.807, 2.05) is 41.3 Å². The van der Waals surface area contributed by atoms with Crippen molar-refractivity contribution in [2.24, 2.45) is 0 Å². The van der Waals surface area contributed by atoms with Crippen LogP contribution in [0.25, 0.3) is 31.9 Å². The minimum atomic E-state index is -0.772. The highest BCUT2D eigenvalue weighted by atomic mass is 32.1. The van der Waals surface area contributed by atoms with E-state index < -0.39 is 6.17 Å². The SMILES string of the molecule is CNc1ccc(-c2cc3ccc(-c4ccc(N5CCC(F)C5)nc4)nc3s2)cc1F. The monoisotopic (exact) mass is 422 g/mol. The van der Waals surface area contributed by atoms with Gasteiger partial charge in [-0.15, -0.1) is 11.3 Å². The molecule has 7 heteroatoms. The van der Waals surface area contributed by atoms with E-state index in [1.165, 1.54) is 11.3 Å². The minimum absolute atomic E-state index is 0.274. The maximum atomic E-state index is 14.1. The van der Waals surface area contributed by atoms with Crippen LogP contribution in [0.5, 0.6) is 0 Å². The summed E-state index contributed by atoms with van der Waals surface area (Å²) in [4.78, 5) is 13.1. The number of thiophene rings is 1. The summed E-state index contributed by atoms with van der Waals surface area (Å²) in [5.41, 5.74) is 3.05. The standard InChI is InChI=1S/C23H20F2N4S/c1-26-20-6-2-14(10-18(20)25)21-11-15-3-5-19(28-23(15)30-21)16-4-7-22(27-12-16)29-9-8-17(24)13-29/h2-7,10-12,17,26H,8-9,13H2,1H3. The first-order valence-electron chi connectivity index (χ1n) is 9.84. The van der Waals surface area contributed by atoms with E-state index in [9.17, 15) is 8.78 Å². The van der Waals surface area contributed by atoms with Crippen molar-refractivity contribution in [1.29, 1.82) is 0 Å². The molecule has 4 heterocycles. The lowest BCUT2D eigenvalue weighted by Gasteiger charge is -2.16. The largest absolute Gasteiger partial charge is 0.386 e. The Bertz CT molecular complexity index is 1210. The van der Waals surface area contributed by atoms with Crippen LogP contribution in [0.3, 0.4) is 0 Å². The minimum Gasteiger partial charge on any atom is -0.386 e. The van der Waals surface area contributed by atoms with Crippen molar-refractivity contribution >= 4 is 33.1 Å². The van der Waals surface area contributed by atoms with Crippen LogP contribution in [0, 0.1) is 5.82 Å². The van der Waals surface area contributed by atoms with Crippen LogP contribution >= 0.6 is 11.3 Å². The van der Waals surface area contributed by atoms with Gasteiger partial charge in [-0.3, -0.25) is 0 Å². The number of hydrogen-bond donors (Lipinski definition) is 1. The predicted octanol–water partition coefficient (Wildman–Crippen LogP) is 5.75. The Hall–Kier alpha value is -3.06. The van der Waals surface area contributed by atoms with Gasteiger partial charge in [0.1, 0.15) is 22.6 Å². The highest BCUT2D eigenvalue weighted by Crippen LogP contribution is 2.35. The van der Waals surface area contributed by atoms with Crippen LogP contribution in [0.2, 0.25) is 0 Å². The van der Waals surface area contributed by atoms with Gasteiger partial charge in [-0.1, -0.05) is 6.07 Å². The second kappa shape index (κ2) is 7.65. The summed E-state index contributed by atoms with van der Waals surface area (Å²) < 4.78 is 27.6. The third-order valence-corrected chi connectivity index (χ3v) is 6.50. The summed E-state index contributed by atoms with van der Waals surface area (Å²) in [5, 5.41) is 3.86. The summed E-state index contributed by atoms with van der Waals surface area (Å²) in [6.45, 7) is 1.11. The Labute approximate surface area is 177 Å². The maximum Gasteiger partial charge on any atom is 0.146 e. The second-order valence-electron chi connectivity index (χ2n) is 7.38. The first-order chi connectivity index (χ1) is 14.6. The van der Waals surface area contributed by atoms with Crippen molar-refractivity contribution in [3.8, 4) is 21.7 Å². The summed E-state index contributed by atoms with van der Waals surface area (Å²) in [6, 6.07) is 15.1. The number of hydrogen-bond acceptors (Lipinski definition) is 5. The smallest absolute Gasteiger partial charge is 0.146 e. The number of fused-ring (bicyclic) bond motifs is 1. The number of rotatable bonds is 4. The molecule has 5 rings (SSSR count). The van der Waals surface area contributed by atoms with E-state index in [-0.39, 0.29) is 5.82 Å². The molecular formula is C23H20F2N4S. The van der Waals surface area contributed by atoms with Gasteiger partial charge in [-0.2, -0.15) is 0 Å². The molecule has 1 N–H and O–H groups in total. The quantitative estimate of drug-likeness (QED) is 0.454. The van der Waals surface area contributed by atoms with Gasteiger partial charge in [0, 0.05) is 35.6 Å². The zero-order chi connectivity index (χ0) is 20.7. The average Bonchev–Trinajstić information content (AvgIpc) is 3.39. The summed E-state index contributed by atoms with van der Waals surface area (Å²) >= 11 is 1.54. The lowest BCUT2D eigenvalue weighted by Crippen LogP contribution is -2.20. The fraction of sp³-hybridized carbons (Fsp3) is 0.217. The summed E-state index contributed by atoms with van der Waals surface area (Å²) in [6.07, 6.45) is 1.57. The number of anilines is 2. The van der Waals surface area contributed by atoms with E-state index in [1.54, 1.807) is 25.4 Å². The third kappa shape index (κ3) is 3.50. The lowest BCUT2D eigenvalue weighted by molar-refractivity contribution is 0.364. The van der Waals surface area contributed by atoms with Crippen LogP contribution < -0.4 is 10.2 Å². The van der Waals surface area contributed by atoms with Crippen molar-refractivity contribution in [2.45, 2.75) is 12.6 Å². The van der Waals surface area contributed by atoms with Crippen molar-refractivity contribution in [2.75, 3.05) is 30.4 Å². The Morgan fingerprint density at radius 2 is 1.97 bits per heavy atom. The van der Waals surface area contributed by atoms with Crippen LogP contribution in [-0.2, 0) is 0 Å². The first-order valence-corrected chi connectivity index (χ1v) is 10.7. The number of benzene rings is 1. The molecule has 3 aromatic heterocycles. The molecule has 1 aromatic carbocycles. The van der Waals surface area contributed by atoms with Crippen molar-refractivity contribution in [3.63, 3.8) is 0 Å². The van der Waals surface area contributed by atoms with Crippen LogP contribution in [0.1, 0.15) is 6.42 Å². The molecule has 0 aliphatic carbocycles. The molecule has 1 fully saturated rings. The number of halogens is 2. The third-order valence-electron chi connectivity index (χ3n) is 5.40. The number of alkyl halides is 1. The topological polar surface area (TPSA) is 41.0 Å². The highest BCUT2D eigenvalue weighted by molar-refractivity contribution is 7.21. The Kier molecular flexibility index (Phi) is 4.83. The number of nitrogens with one attached hydrogen (secondary N) is 1. The Morgan fingerprint density at radius 1 is 1.10 bits per heavy atom. The van der Waals surface area contributed by atoms with Gasteiger partial charge in [0.15, 0.2) is 0 Å². The van der Waals surface area contributed by atoms with E-state index in [0.717, 1.165) is 37.7 Å². The van der Waals surface area contributed by atoms with Crippen LogP contribution in [0.15, 0.2) is 54.7 Å². The van der Waals surface area contributed by atoms with Gasteiger partial charge in [-0.25, -0.2) is 18.7 Å². The summed E-state index contributed by atoms with van der Waals surface area (Å²) in [7, 11) is 1.70. The van der Waals surface area contributed by atoms with Crippen LogP contribution in [-0.4, -0.2) is 36.3 Å². The van der Waals surface area contributed by atoms with Crippen molar-refractivity contribution in [1.82, 2.24) is 9.97 Å². The molecule has 1 atom stereocenters. The van der Waals surface area contributed by atoms with E-state index in [0.29, 0.717) is 25.2 Å². The molecule has 0 radical (unpaired) electrons. The Balaban J connectivity index is 1.43. The highest BCUT2D eigenvalue weighted by Gasteiger charge is 2.22. The molecule has 1 saturated heterocycles. The molecule has 152 valence electrons. The first kappa shape index (κ1) is 18.9. The number of pyridine rings is 2. The lowest BCUT2D eigenvalue weighted by atomic mass is 10.1. The molecule has 0 spiro atoms. The molecular weight excluding hydrogens is 402 g/mol. The molecule has 0 saturated carbocycles. The van der Waals surface area contributed by atoms with Gasteiger partial charge in [-0.05, 0) is 54.4 Å². The molecule has 1 unspecified atom stereocenters. The van der Waals surface area contributed by atoms with E-state index in [2.05, 4.69) is 10.3 Å². The fourth-order valence-corrected chi connectivity index (χ4v) is 4.77. The maximum absolute atomic E-state index is 14.1. The second-order valence-corrected chi connectivity index (χ2v) is 8.41. The van der Waals surface area contributed by atoms with Gasteiger partial charge in [0.2, 0.25) is 0 Å². The normalized spacial score (nSPS) is 16.4. The number of aromatic nitrogens is 2. The molecule has 4 aromatic rings. The average molecular weight is 423 g/mol. The number of nitrogens with zero attached hydrogens (tertiary/aromatic N) is 3. The fourth-order valence-electron chi connectivity index (χ4n) is 3.74. The zero-order valence-corrected chi connectivity index (χ0v) is 17.2. The van der Waals surface area contributed by atoms with E-state index in [4.69, 9.17) is 4.98 Å². The van der Waals surface area contributed by atoms with Crippen molar-refractivity contribution in [3.05, 3.63) is 60.5 Å². The molecule has 1 aliphatic rings. The predicted molar refractivity (Wildman–Crippen MR) is 120 cm³/mol. The molecule has 4 nitrogen and oxygen atoms in total. The Morgan fingerprint density at radius 3 is 2.67 bits per heavy atom. The molecule has 30 heavy (non-hydrogen) atoms. The van der Waals surface area contributed by atoms with Gasteiger partial charge >= 0.3 is 0 Å². The van der Waals surface area contributed by atoms with Crippen LogP contribution in [0.4, 0.5) is 20.3 Å². The molecule has 0 bridgehead atoms.